The molecule has 0 saturated carbocycles. The van der Waals surface area contributed by atoms with Crippen molar-refractivity contribution in [3.63, 3.8) is 0 Å². The second kappa shape index (κ2) is 4.35. The van der Waals surface area contributed by atoms with Gasteiger partial charge in [-0.15, -0.1) is 0 Å². The van der Waals surface area contributed by atoms with Crippen LogP contribution in [0, 0.1) is 5.82 Å². The summed E-state index contributed by atoms with van der Waals surface area (Å²) in [5.41, 5.74) is 1.40. The summed E-state index contributed by atoms with van der Waals surface area (Å²) in [6, 6.07) is 4.29. The Morgan fingerprint density at radius 2 is 2.23 bits per heavy atom. The van der Waals surface area contributed by atoms with E-state index in [4.69, 9.17) is 4.74 Å². The van der Waals surface area contributed by atoms with E-state index < -0.39 is 6.10 Å². The normalized spacial score (nSPS) is 12.9. The maximum Gasteiger partial charge on any atom is 0.123 e. The fourth-order valence-electron chi connectivity index (χ4n) is 1.26. The highest BCUT2D eigenvalue weighted by atomic mass is 19.1. The highest BCUT2D eigenvalue weighted by molar-refractivity contribution is 5.28. The molecule has 2 nitrogen and oxygen atoms in total. The molecule has 1 unspecified atom stereocenters. The van der Waals surface area contributed by atoms with Gasteiger partial charge in [-0.3, -0.25) is 0 Å². The first-order valence-corrected chi connectivity index (χ1v) is 4.10. The van der Waals surface area contributed by atoms with Gasteiger partial charge in [-0.05, 0) is 30.2 Å². The van der Waals surface area contributed by atoms with Crippen molar-refractivity contribution in [1.82, 2.24) is 0 Å². The summed E-state index contributed by atoms with van der Waals surface area (Å²) in [7, 11) is 1.54. The lowest BCUT2D eigenvalue weighted by atomic mass is 10.0. The Morgan fingerprint density at radius 1 is 1.54 bits per heavy atom. The summed E-state index contributed by atoms with van der Waals surface area (Å²) < 4.78 is 17.7. The molecule has 0 heterocycles. The van der Waals surface area contributed by atoms with E-state index in [1.807, 2.05) is 0 Å². The summed E-state index contributed by atoms with van der Waals surface area (Å²) in [5, 5.41) is 9.34. The molecule has 0 aliphatic carbocycles. The third kappa shape index (κ3) is 2.50. The summed E-state index contributed by atoms with van der Waals surface area (Å²) in [6.45, 7) is 1.96. The van der Waals surface area contributed by atoms with Crippen LogP contribution < -0.4 is 0 Å². The van der Waals surface area contributed by atoms with Crippen molar-refractivity contribution in [3.05, 3.63) is 35.1 Å². The Hall–Kier alpha value is -0.930. The summed E-state index contributed by atoms with van der Waals surface area (Å²) >= 11 is 0. The number of halogens is 1. The van der Waals surface area contributed by atoms with E-state index in [0.29, 0.717) is 17.7 Å². The highest BCUT2D eigenvalue weighted by Crippen LogP contribution is 2.19. The smallest absolute Gasteiger partial charge is 0.123 e. The number of ether oxygens (including phenoxy) is 1. The van der Waals surface area contributed by atoms with Gasteiger partial charge >= 0.3 is 0 Å². The van der Waals surface area contributed by atoms with Crippen LogP contribution in [-0.2, 0) is 11.3 Å². The highest BCUT2D eigenvalue weighted by Gasteiger charge is 2.08. The largest absolute Gasteiger partial charge is 0.389 e. The van der Waals surface area contributed by atoms with Crippen molar-refractivity contribution in [2.75, 3.05) is 7.11 Å². The van der Waals surface area contributed by atoms with Gasteiger partial charge in [-0.2, -0.15) is 0 Å². The average Bonchev–Trinajstić information content (AvgIpc) is 2.04. The zero-order valence-electron chi connectivity index (χ0n) is 7.75. The van der Waals surface area contributed by atoms with Crippen LogP contribution in [0.5, 0.6) is 0 Å². The van der Waals surface area contributed by atoms with Crippen LogP contribution in [0.2, 0.25) is 0 Å². The SMILES string of the molecule is COCc1cc(F)ccc1C(C)O. The first kappa shape index (κ1) is 10.2. The van der Waals surface area contributed by atoms with E-state index in [9.17, 15) is 9.50 Å². The van der Waals surface area contributed by atoms with Gasteiger partial charge in [-0.1, -0.05) is 6.07 Å². The molecule has 0 aliphatic heterocycles. The van der Waals surface area contributed by atoms with Crippen molar-refractivity contribution in [2.45, 2.75) is 19.6 Å². The molecule has 0 radical (unpaired) electrons. The standard InChI is InChI=1S/C10H13FO2/c1-7(12)10-4-3-9(11)5-8(10)6-13-2/h3-5,7,12H,6H2,1-2H3. The van der Waals surface area contributed by atoms with E-state index in [2.05, 4.69) is 0 Å². The summed E-state index contributed by atoms with van der Waals surface area (Å²) in [4.78, 5) is 0. The van der Waals surface area contributed by atoms with Crippen LogP contribution in [0.4, 0.5) is 4.39 Å². The molecule has 0 aromatic heterocycles. The van der Waals surface area contributed by atoms with Crippen LogP contribution in [0.1, 0.15) is 24.2 Å². The quantitative estimate of drug-likeness (QED) is 0.778. The molecule has 0 amide bonds. The Kier molecular flexibility index (Phi) is 3.39. The van der Waals surface area contributed by atoms with Crippen molar-refractivity contribution in [1.29, 1.82) is 0 Å². The second-order valence-corrected chi connectivity index (χ2v) is 2.95. The van der Waals surface area contributed by atoms with Gasteiger partial charge in [0.05, 0.1) is 12.7 Å². The second-order valence-electron chi connectivity index (χ2n) is 2.95. The predicted molar refractivity (Wildman–Crippen MR) is 47.7 cm³/mol. The molecule has 1 N–H and O–H groups in total. The van der Waals surface area contributed by atoms with Gasteiger partial charge in [-0.25, -0.2) is 4.39 Å². The Labute approximate surface area is 77.0 Å². The van der Waals surface area contributed by atoms with Gasteiger partial charge < -0.3 is 9.84 Å². The molecule has 0 saturated heterocycles. The number of aliphatic hydroxyl groups is 1. The molecular formula is C10H13FO2. The number of hydrogen-bond donors (Lipinski definition) is 1. The molecule has 3 heteroatoms. The van der Waals surface area contributed by atoms with E-state index in [1.54, 1.807) is 13.0 Å². The number of hydrogen-bond acceptors (Lipinski definition) is 2. The first-order chi connectivity index (χ1) is 6.15. The molecule has 0 spiro atoms. The van der Waals surface area contributed by atoms with E-state index >= 15 is 0 Å². The van der Waals surface area contributed by atoms with Crippen LogP contribution in [0.15, 0.2) is 18.2 Å². The number of rotatable bonds is 3. The first-order valence-electron chi connectivity index (χ1n) is 4.10. The number of benzene rings is 1. The van der Waals surface area contributed by atoms with Crippen molar-refractivity contribution >= 4 is 0 Å². The molecule has 0 fully saturated rings. The van der Waals surface area contributed by atoms with Gasteiger partial charge in [0, 0.05) is 7.11 Å². The van der Waals surface area contributed by atoms with Crippen molar-refractivity contribution in [2.24, 2.45) is 0 Å². The van der Waals surface area contributed by atoms with E-state index in [-0.39, 0.29) is 5.82 Å². The Morgan fingerprint density at radius 3 is 2.77 bits per heavy atom. The van der Waals surface area contributed by atoms with Crippen molar-refractivity contribution in [3.8, 4) is 0 Å². The fraction of sp³-hybridized carbons (Fsp3) is 0.400. The zero-order chi connectivity index (χ0) is 9.84. The molecule has 0 bridgehead atoms. The maximum absolute atomic E-state index is 12.8. The van der Waals surface area contributed by atoms with Crippen LogP contribution in [0.3, 0.4) is 0 Å². The summed E-state index contributed by atoms with van der Waals surface area (Å²) in [6.07, 6.45) is -0.592. The third-order valence-corrected chi connectivity index (χ3v) is 1.85. The lowest BCUT2D eigenvalue weighted by Gasteiger charge is -2.10. The zero-order valence-corrected chi connectivity index (χ0v) is 7.75. The molecule has 0 aliphatic rings. The van der Waals surface area contributed by atoms with E-state index in [1.165, 1.54) is 19.2 Å². The minimum absolute atomic E-state index is 0.309. The lowest BCUT2D eigenvalue weighted by molar-refractivity contribution is 0.170. The van der Waals surface area contributed by atoms with Gasteiger partial charge in [0.15, 0.2) is 0 Å². The topological polar surface area (TPSA) is 29.5 Å². The van der Waals surface area contributed by atoms with E-state index in [0.717, 1.165) is 0 Å². The number of aliphatic hydroxyl groups excluding tert-OH is 1. The molecule has 1 aromatic carbocycles. The van der Waals surface area contributed by atoms with Gasteiger partial charge in [0.2, 0.25) is 0 Å². The van der Waals surface area contributed by atoms with Gasteiger partial charge in [0.25, 0.3) is 0 Å². The van der Waals surface area contributed by atoms with Crippen LogP contribution in [0.25, 0.3) is 0 Å². The van der Waals surface area contributed by atoms with Crippen molar-refractivity contribution < 1.29 is 14.2 Å². The third-order valence-electron chi connectivity index (χ3n) is 1.85. The Bertz CT molecular complexity index is 284. The fourth-order valence-corrected chi connectivity index (χ4v) is 1.26. The molecule has 1 atom stereocenters. The van der Waals surface area contributed by atoms with Crippen LogP contribution in [-0.4, -0.2) is 12.2 Å². The molecular weight excluding hydrogens is 171 g/mol. The molecule has 13 heavy (non-hydrogen) atoms. The lowest BCUT2D eigenvalue weighted by Crippen LogP contribution is -2.00. The molecule has 1 rings (SSSR count). The maximum atomic E-state index is 12.8. The van der Waals surface area contributed by atoms with Gasteiger partial charge in [0.1, 0.15) is 5.82 Å². The predicted octanol–water partition coefficient (Wildman–Crippen LogP) is 2.03. The minimum Gasteiger partial charge on any atom is -0.389 e. The number of methoxy groups -OCH3 is 1. The molecule has 1 aromatic rings. The minimum atomic E-state index is -0.592. The average molecular weight is 184 g/mol. The monoisotopic (exact) mass is 184 g/mol. The Balaban J connectivity index is 3.03. The van der Waals surface area contributed by atoms with Crippen LogP contribution >= 0.6 is 0 Å². The molecule has 72 valence electrons. The summed E-state index contributed by atoms with van der Waals surface area (Å²) in [5.74, 6) is -0.309.